The highest BCUT2D eigenvalue weighted by Crippen LogP contribution is 2.38. The normalized spacial score (nSPS) is 13.4. The summed E-state index contributed by atoms with van der Waals surface area (Å²) in [5.41, 5.74) is 4.09. The zero-order valence-corrected chi connectivity index (χ0v) is 12.2. The molecule has 4 rings (SSSR count). The zero-order valence-electron chi connectivity index (χ0n) is 11.4. The van der Waals surface area contributed by atoms with E-state index >= 15 is 0 Å². The van der Waals surface area contributed by atoms with Crippen molar-refractivity contribution in [3.05, 3.63) is 35.4 Å². The first-order valence-electron chi connectivity index (χ1n) is 6.93. The molecule has 102 valence electrons. The molecule has 0 radical (unpaired) electrons. The van der Waals surface area contributed by atoms with E-state index in [1.165, 1.54) is 33.0 Å². The lowest BCUT2D eigenvalue weighted by Gasteiger charge is -2.02. The fourth-order valence-corrected chi connectivity index (χ4v) is 4.01. The van der Waals surface area contributed by atoms with E-state index in [1.54, 1.807) is 18.4 Å². The van der Waals surface area contributed by atoms with Gasteiger partial charge in [-0.2, -0.15) is 0 Å². The summed E-state index contributed by atoms with van der Waals surface area (Å²) in [5.74, 6) is 0. The third kappa shape index (κ3) is 1.79. The Hall–Kier alpha value is -1.65. The molecule has 0 fully saturated rings. The van der Waals surface area contributed by atoms with Gasteiger partial charge in [-0.1, -0.05) is 29.5 Å². The summed E-state index contributed by atoms with van der Waals surface area (Å²) >= 11 is 1.74. The Morgan fingerprint density at radius 2 is 2.20 bits per heavy atom. The molecule has 0 unspecified atom stereocenters. The van der Waals surface area contributed by atoms with Crippen molar-refractivity contribution < 1.29 is 4.74 Å². The maximum atomic E-state index is 5.07. The van der Waals surface area contributed by atoms with Crippen LogP contribution in [0.4, 0.5) is 5.13 Å². The number of hydrogen-bond acceptors (Lipinski definition) is 4. The molecule has 3 aromatic rings. The van der Waals surface area contributed by atoms with Gasteiger partial charge in [0.1, 0.15) is 0 Å². The zero-order chi connectivity index (χ0) is 13.5. The van der Waals surface area contributed by atoms with E-state index in [2.05, 4.69) is 29.6 Å². The third-order valence-corrected chi connectivity index (χ3v) is 4.89. The van der Waals surface area contributed by atoms with Crippen LogP contribution >= 0.6 is 11.3 Å². The Labute approximate surface area is 121 Å². The fraction of sp³-hybridized carbons (Fsp3) is 0.312. The van der Waals surface area contributed by atoms with E-state index in [-0.39, 0.29) is 0 Å². The molecule has 1 aromatic heterocycles. The van der Waals surface area contributed by atoms with Crippen LogP contribution in [-0.4, -0.2) is 25.2 Å². The van der Waals surface area contributed by atoms with Gasteiger partial charge in [0.2, 0.25) is 0 Å². The molecule has 4 heteroatoms. The van der Waals surface area contributed by atoms with Crippen LogP contribution < -0.4 is 5.32 Å². The van der Waals surface area contributed by atoms with Gasteiger partial charge in [0.05, 0.1) is 16.8 Å². The second-order valence-corrected chi connectivity index (χ2v) is 6.19. The summed E-state index contributed by atoms with van der Waals surface area (Å²) in [6.07, 6.45) is 2.33. The molecule has 0 saturated heterocycles. The molecular formula is C16H16N2OS. The Morgan fingerprint density at radius 3 is 3.10 bits per heavy atom. The summed E-state index contributed by atoms with van der Waals surface area (Å²) in [6, 6.07) is 8.93. The van der Waals surface area contributed by atoms with Crippen molar-refractivity contribution in [2.75, 3.05) is 25.6 Å². The molecule has 2 aromatic carbocycles. The molecule has 1 aliphatic carbocycles. The summed E-state index contributed by atoms with van der Waals surface area (Å²) < 4.78 is 6.35. The highest BCUT2D eigenvalue weighted by Gasteiger charge is 2.18. The molecule has 1 N–H and O–H groups in total. The van der Waals surface area contributed by atoms with Gasteiger partial charge >= 0.3 is 0 Å². The summed E-state index contributed by atoms with van der Waals surface area (Å²) in [7, 11) is 1.72. The minimum Gasteiger partial charge on any atom is -0.383 e. The van der Waals surface area contributed by atoms with Gasteiger partial charge in [0, 0.05) is 19.0 Å². The summed E-state index contributed by atoms with van der Waals surface area (Å²) in [6.45, 7) is 1.50. The number of aromatic nitrogens is 1. The number of anilines is 1. The molecule has 0 bridgehead atoms. The highest BCUT2D eigenvalue weighted by molar-refractivity contribution is 7.22. The van der Waals surface area contributed by atoms with Crippen molar-refractivity contribution in [2.24, 2.45) is 0 Å². The van der Waals surface area contributed by atoms with Crippen molar-refractivity contribution in [3.8, 4) is 0 Å². The first-order valence-corrected chi connectivity index (χ1v) is 7.75. The minimum absolute atomic E-state index is 0.700. The molecule has 0 saturated carbocycles. The lowest BCUT2D eigenvalue weighted by atomic mass is 10.0. The molecule has 1 aliphatic rings. The molecule has 0 atom stereocenters. The van der Waals surface area contributed by atoms with Crippen LogP contribution in [0.15, 0.2) is 24.3 Å². The third-order valence-electron chi connectivity index (χ3n) is 3.93. The van der Waals surface area contributed by atoms with E-state index in [0.717, 1.165) is 23.6 Å². The average molecular weight is 284 g/mol. The average Bonchev–Trinajstić information content (AvgIpc) is 3.05. The minimum atomic E-state index is 0.700. The van der Waals surface area contributed by atoms with Gasteiger partial charge in [0.25, 0.3) is 0 Å². The number of hydrogen-bond donors (Lipinski definition) is 1. The molecule has 3 nitrogen and oxygen atoms in total. The number of benzene rings is 2. The van der Waals surface area contributed by atoms with Crippen LogP contribution in [0.1, 0.15) is 11.1 Å². The number of fused-ring (bicyclic) bond motifs is 2. The lowest BCUT2D eigenvalue weighted by molar-refractivity contribution is 0.211. The fourth-order valence-electron chi connectivity index (χ4n) is 3.04. The molecule has 0 spiro atoms. The van der Waals surface area contributed by atoms with Gasteiger partial charge in [0.15, 0.2) is 5.13 Å². The molecule has 0 amide bonds. The van der Waals surface area contributed by atoms with Gasteiger partial charge in [-0.05, 0) is 35.4 Å². The Morgan fingerprint density at radius 1 is 1.30 bits per heavy atom. The van der Waals surface area contributed by atoms with Gasteiger partial charge < -0.3 is 10.1 Å². The van der Waals surface area contributed by atoms with Crippen LogP contribution in [0.3, 0.4) is 0 Å². The van der Waals surface area contributed by atoms with E-state index in [0.29, 0.717) is 6.61 Å². The van der Waals surface area contributed by atoms with E-state index in [9.17, 15) is 0 Å². The summed E-state index contributed by atoms with van der Waals surface area (Å²) in [4.78, 5) is 4.77. The van der Waals surface area contributed by atoms with Crippen molar-refractivity contribution >= 4 is 37.5 Å². The predicted molar refractivity (Wildman–Crippen MR) is 84.9 cm³/mol. The van der Waals surface area contributed by atoms with Crippen molar-refractivity contribution in [1.29, 1.82) is 0 Å². The van der Waals surface area contributed by atoms with E-state index in [4.69, 9.17) is 9.72 Å². The maximum Gasteiger partial charge on any atom is 0.183 e. The van der Waals surface area contributed by atoms with Crippen molar-refractivity contribution in [3.63, 3.8) is 0 Å². The van der Waals surface area contributed by atoms with Gasteiger partial charge in [-0.15, -0.1) is 0 Å². The smallest absolute Gasteiger partial charge is 0.183 e. The SMILES string of the molecule is COCCNc1nc2c(cc3c4c(cccc42)CC3)s1. The number of nitrogens with zero attached hydrogens (tertiary/aromatic N) is 1. The monoisotopic (exact) mass is 284 g/mol. The Kier molecular flexibility index (Phi) is 2.86. The largest absolute Gasteiger partial charge is 0.383 e. The van der Waals surface area contributed by atoms with Crippen molar-refractivity contribution in [1.82, 2.24) is 4.98 Å². The topological polar surface area (TPSA) is 34.1 Å². The Balaban J connectivity index is 1.86. The quantitative estimate of drug-likeness (QED) is 0.743. The number of nitrogens with one attached hydrogen (secondary N) is 1. The lowest BCUT2D eigenvalue weighted by Crippen LogP contribution is -2.06. The molecular weight excluding hydrogens is 268 g/mol. The number of methoxy groups -OCH3 is 1. The number of aryl methyl sites for hydroxylation is 2. The van der Waals surface area contributed by atoms with Crippen LogP contribution in [0.25, 0.3) is 21.0 Å². The Bertz CT molecular complexity index is 794. The van der Waals surface area contributed by atoms with Crippen LogP contribution in [-0.2, 0) is 17.6 Å². The highest BCUT2D eigenvalue weighted by atomic mass is 32.1. The first kappa shape index (κ1) is 12.1. The van der Waals surface area contributed by atoms with Gasteiger partial charge in [-0.3, -0.25) is 0 Å². The standard InChI is InChI=1S/C16H16N2OS/c1-19-8-7-17-16-18-15-12-4-2-3-10-5-6-11(14(10)12)9-13(15)20-16/h2-4,9H,5-8H2,1H3,(H,17,18). The summed E-state index contributed by atoms with van der Waals surface area (Å²) in [5, 5.41) is 7.07. The van der Waals surface area contributed by atoms with Crippen LogP contribution in [0.2, 0.25) is 0 Å². The predicted octanol–water partition coefficient (Wildman–Crippen LogP) is 3.61. The first-order chi connectivity index (χ1) is 9.86. The molecule has 1 heterocycles. The molecule has 0 aliphatic heterocycles. The maximum absolute atomic E-state index is 5.07. The second-order valence-electron chi connectivity index (χ2n) is 5.16. The number of rotatable bonds is 4. The second kappa shape index (κ2) is 4.72. The number of thiazole rings is 1. The number of ether oxygens (including phenoxy) is 1. The van der Waals surface area contributed by atoms with E-state index < -0.39 is 0 Å². The van der Waals surface area contributed by atoms with E-state index in [1.807, 2.05) is 0 Å². The molecule has 20 heavy (non-hydrogen) atoms. The van der Waals surface area contributed by atoms with Gasteiger partial charge in [-0.25, -0.2) is 4.98 Å². The van der Waals surface area contributed by atoms with Crippen molar-refractivity contribution in [2.45, 2.75) is 12.8 Å². The van der Waals surface area contributed by atoms with Crippen LogP contribution in [0, 0.1) is 0 Å². The van der Waals surface area contributed by atoms with Crippen LogP contribution in [0.5, 0.6) is 0 Å².